The molecule has 2 fully saturated rings. The van der Waals surface area contributed by atoms with Gasteiger partial charge in [0.05, 0.1) is 6.04 Å². The molecule has 4 rings (SSSR count). The first-order chi connectivity index (χ1) is 11.1. The first-order valence-corrected chi connectivity index (χ1v) is 8.09. The Morgan fingerprint density at radius 3 is 2.83 bits per heavy atom. The van der Waals surface area contributed by atoms with Gasteiger partial charge in [0.25, 0.3) is 0 Å². The molecule has 0 aromatic carbocycles. The largest absolute Gasteiger partial charge is 0.345 e. The second-order valence-corrected chi connectivity index (χ2v) is 7.25. The van der Waals surface area contributed by atoms with Crippen LogP contribution in [-0.2, 0) is 6.54 Å². The number of rotatable bonds is 4. The molecule has 0 bridgehead atoms. The average Bonchev–Trinajstić information content (AvgIpc) is 3.25. The molecule has 6 heteroatoms. The number of imidazole rings is 1. The van der Waals surface area contributed by atoms with Crippen LogP contribution >= 0.6 is 0 Å². The number of nitrogens with zero attached hydrogens (tertiary/aromatic N) is 6. The van der Waals surface area contributed by atoms with E-state index >= 15 is 0 Å². The minimum atomic E-state index is 0.129. The van der Waals surface area contributed by atoms with E-state index in [9.17, 15) is 0 Å². The molecule has 1 aliphatic carbocycles. The molecule has 2 aliphatic rings. The van der Waals surface area contributed by atoms with Crippen LogP contribution in [-0.4, -0.2) is 26.1 Å². The smallest absolute Gasteiger partial charge is 0.234 e. The molecule has 2 aromatic heterocycles. The van der Waals surface area contributed by atoms with Gasteiger partial charge in [-0.15, -0.1) is 0 Å². The highest BCUT2D eigenvalue weighted by molar-refractivity contribution is 5.47. The van der Waals surface area contributed by atoms with Gasteiger partial charge in [-0.25, -0.2) is 15.0 Å². The Kier molecular flexibility index (Phi) is 3.12. The number of hydrogen-bond acceptors (Lipinski definition) is 5. The summed E-state index contributed by atoms with van der Waals surface area (Å²) in [5, 5.41) is 9.03. The van der Waals surface area contributed by atoms with E-state index < -0.39 is 0 Å². The van der Waals surface area contributed by atoms with Crippen molar-refractivity contribution in [2.45, 2.75) is 39.3 Å². The first kappa shape index (κ1) is 14.2. The van der Waals surface area contributed by atoms with Crippen LogP contribution in [0.2, 0.25) is 0 Å². The lowest BCUT2D eigenvalue weighted by atomic mass is 9.74. The third-order valence-electron chi connectivity index (χ3n) is 4.81. The molecule has 23 heavy (non-hydrogen) atoms. The van der Waals surface area contributed by atoms with Crippen LogP contribution in [0.1, 0.15) is 44.4 Å². The number of nitriles is 1. The van der Waals surface area contributed by atoms with Crippen molar-refractivity contribution in [3.05, 3.63) is 36.3 Å². The van der Waals surface area contributed by atoms with Crippen LogP contribution in [0.25, 0.3) is 0 Å². The maximum Gasteiger partial charge on any atom is 0.234 e. The number of anilines is 1. The SMILES string of the molecule is CC1(C)CN(c2ccnc(C#N)n2)C1c1nccn1CC1CC1. The molecular weight excluding hydrogens is 288 g/mol. The monoisotopic (exact) mass is 308 g/mol. The number of hydrogen-bond donors (Lipinski definition) is 0. The quantitative estimate of drug-likeness (QED) is 0.868. The molecule has 0 radical (unpaired) electrons. The van der Waals surface area contributed by atoms with E-state index in [-0.39, 0.29) is 17.3 Å². The second-order valence-electron chi connectivity index (χ2n) is 7.25. The van der Waals surface area contributed by atoms with Crippen LogP contribution in [0.15, 0.2) is 24.7 Å². The fourth-order valence-corrected chi connectivity index (χ4v) is 3.49. The van der Waals surface area contributed by atoms with Crippen molar-refractivity contribution >= 4 is 5.82 Å². The molecule has 1 saturated carbocycles. The standard InChI is InChI=1S/C17H20N6/c1-17(2)11-23(14-5-6-19-13(9-18)21-14)15(17)16-20-7-8-22(16)10-12-3-4-12/h5-8,12,15H,3-4,10-11H2,1-2H3. The van der Waals surface area contributed by atoms with Crippen molar-refractivity contribution in [3.8, 4) is 6.07 Å². The highest BCUT2D eigenvalue weighted by atomic mass is 15.3. The Bertz CT molecular complexity index is 767. The molecule has 1 saturated heterocycles. The summed E-state index contributed by atoms with van der Waals surface area (Å²) < 4.78 is 2.29. The molecule has 1 aliphatic heterocycles. The second kappa shape index (κ2) is 5.05. The van der Waals surface area contributed by atoms with Crippen molar-refractivity contribution < 1.29 is 0 Å². The van der Waals surface area contributed by atoms with Crippen molar-refractivity contribution in [1.82, 2.24) is 19.5 Å². The van der Waals surface area contributed by atoms with Gasteiger partial charge in [0.1, 0.15) is 17.7 Å². The summed E-state index contributed by atoms with van der Waals surface area (Å²) in [4.78, 5) is 15.2. The lowest BCUT2D eigenvalue weighted by Crippen LogP contribution is -2.57. The van der Waals surface area contributed by atoms with Gasteiger partial charge in [-0.1, -0.05) is 13.8 Å². The van der Waals surface area contributed by atoms with E-state index in [2.05, 4.69) is 44.5 Å². The van der Waals surface area contributed by atoms with Crippen LogP contribution in [0.5, 0.6) is 0 Å². The summed E-state index contributed by atoms with van der Waals surface area (Å²) in [6.45, 7) is 6.48. The van der Waals surface area contributed by atoms with E-state index in [4.69, 9.17) is 5.26 Å². The first-order valence-electron chi connectivity index (χ1n) is 8.09. The minimum Gasteiger partial charge on any atom is -0.345 e. The predicted octanol–water partition coefficient (Wildman–Crippen LogP) is 2.54. The highest BCUT2D eigenvalue weighted by Crippen LogP contribution is 2.49. The molecule has 1 atom stereocenters. The van der Waals surface area contributed by atoms with Crippen LogP contribution in [0.4, 0.5) is 5.82 Å². The molecule has 2 aromatic rings. The van der Waals surface area contributed by atoms with Crippen molar-refractivity contribution in [1.29, 1.82) is 5.26 Å². The Balaban J connectivity index is 1.67. The zero-order valence-corrected chi connectivity index (χ0v) is 13.5. The van der Waals surface area contributed by atoms with Gasteiger partial charge < -0.3 is 9.47 Å². The molecule has 118 valence electrons. The normalized spacial score (nSPS) is 22.5. The molecule has 0 spiro atoms. The molecule has 6 nitrogen and oxygen atoms in total. The van der Waals surface area contributed by atoms with Gasteiger partial charge >= 0.3 is 0 Å². The van der Waals surface area contributed by atoms with E-state index in [1.165, 1.54) is 12.8 Å². The molecule has 1 unspecified atom stereocenters. The molecule has 0 N–H and O–H groups in total. The Hall–Kier alpha value is -2.42. The zero-order valence-electron chi connectivity index (χ0n) is 13.5. The number of aromatic nitrogens is 4. The Labute approximate surface area is 135 Å². The van der Waals surface area contributed by atoms with Gasteiger partial charge in [-0.2, -0.15) is 5.26 Å². The minimum absolute atomic E-state index is 0.129. The summed E-state index contributed by atoms with van der Waals surface area (Å²) in [5.41, 5.74) is 0.129. The maximum absolute atomic E-state index is 9.03. The Morgan fingerprint density at radius 1 is 1.30 bits per heavy atom. The average molecular weight is 308 g/mol. The fourth-order valence-electron chi connectivity index (χ4n) is 3.49. The highest BCUT2D eigenvalue weighted by Gasteiger charge is 2.49. The van der Waals surface area contributed by atoms with E-state index in [0.29, 0.717) is 0 Å². The van der Waals surface area contributed by atoms with Gasteiger partial charge in [0.2, 0.25) is 5.82 Å². The van der Waals surface area contributed by atoms with Crippen molar-refractivity contribution in [3.63, 3.8) is 0 Å². The summed E-state index contributed by atoms with van der Waals surface area (Å²) >= 11 is 0. The third kappa shape index (κ3) is 2.46. The molecular formula is C17H20N6. The van der Waals surface area contributed by atoms with E-state index in [1.807, 2.05) is 18.3 Å². The zero-order chi connectivity index (χ0) is 16.0. The third-order valence-corrected chi connectivity index (χ3v) is 4.81. The summed E-state index contributed by atoms with van der Waals surface area (Å²) in [5.74, 6) is 2.93. The summed E-state index contributed by atoms with van der Waals surface area (Å²) in [7, 11) is 0. The van der Waals surface area contributed by atoms with E-state index in [1.54, 1.807) is 6.20 Å². The topological polar surface area (TPSA) is 70.6 Å². The van der Waals surface area contributed by atoms with Crippen LogP contribution < -0.4 is 4.90 Å². The van der Waals surface area contributed by atoms with Gasteiger partial charge in [0, 0.05) is 37.1 Å². The Morgan fingerprint density at radius 2 is 2.13 bits per heavy atom. The lowest BCUT2D eigenvalue weighted by Gasteiger charge is -2.54. The van der Waals surface area contributed by atoms with Crippen LogP contribution in [0.3, 0.4) is 0 Å². The van der Waals surface area contributed by atoms with Gasteiger partial charge in [-0.3, -0.25) is 0 Å². The molecule has 3 heterocycles. The fraction of sp³-hybridized carbons (Fsp3) is 0.529. The van der Waals surface area contributed by atoms with E-state index in [0.717, 1.165) is 30.6 Å². The lowest BCUT2D eigenvalue weighted by molar-refractivity contribution is 0.166. The van der Waals surface area contributed by atoms with Crippen molar-refractivity contribution in [2.75, 3.05) is 11.4 Å². The van der Waals surface area contributed by atoms with Gasteiger partial charge in [0.15, 0.2) is 0 Å². The van der Waals surface area contributed by atoms with Crippen molar-refractivity contribution in [2.24, 2.45) is 11.3 Å². The molecule has 0 amide bonds. The van der Waals surface area contributed by atoms with Crippen LogP contribution in [0, 0.1) is 22.7 Å². The predicted molar refractivity (Wildman–Crippen MR) is 85.6 cm³/mol. The summed E-state index contributed by atoms with van der Waals surface area (Å²) in [6, 6.07) is 4.07. The maximum atomic E-state index is 9.03. The summed E-state index contributed by atoms with van der Waals surface area (Å²) in [6.07, 6.45) is 8.28. The van der Waals surface area contributed by atoms with Gasteiger partial charge in [-0.05, 0) is 24.8 Å².